The summed E-state index contributed by atoms with van der Waals surface area (Å²) in [7, 11) is 0. The number of hydrogen-bond donors (Lipinski definition) is 1. The highest BCUT2D eigenvalue weighted by molar-refractivity contribution is 5.91. The fourth-order valence-electron chi connectivity index (χ4n) is 1.72. The predicted molar refractivity (Wildman–Crippen MR) is 75.7 cm³/mol. The Balaban J connectivity index is 2.20. The van der Waals surface area contributed by atoms with Gasteiger partial charge in [0.15, 0.2) is 11.6 Å². The molecule has 0 aliphatic carbocycles. The van der Waals surface area contributed by atoms with E-state index in [9.17, 15) is 9.18 Å². The van der Waals surface area contributed by atoms with E-state index in [1.807, 2.05) is 6.92 Å². The van der Waals surface area contributed by atoms with E-state index in [0.717, 1.165) is 12.5 Å². The summed E-state index contributed by atoms with van der Waals surface area (Å²) in [4.78, 5) is 11.1. The summed E-state index contributed by atoms with van der Waals surface area (Å²) >= 11 is 0. The van der Waals surface area contributed by atoms with E-state index in [4.69, 9.17) is 14.6 Å². The van der Waals surface area contributed by atoms with Gasteiger partial charge >= 0.3 is 5.97 Å². The number of carbonyl (C=O) groups is 1. The number of rotatable bonds is 6. The van der Waals surface area contributed by atoms with Gasteiger partial charge in [0.05, 0.1) is 6.61 Å². The average molecular weight is 290 g/mol. The first-order valence-electron chi connectivity index (χ1n) is 6.54. The molecule has 0 aromatic heterocycles. The van der Waals surface area contributed by atoms with E-state index in [-0.39, 0.29) is 11.3 Å². The lowest BCUT2D eigenvalue weighted by molar-refractivity contribution is 0.0693. The van der Waals surface area contributed by atoms with E-state index in [1.165, 1.54) is 12.1 Å². The zero-order chi connectivity index (χ0) is 15.2. The predicted octanol–water partition coefficient (Wildman–Crippen LogP) is 4.11. The fourth-order valence-corrected chi connectivity index (χ4v) is 1.72. The number of ether oxygens (including phenoxy) is 2. The highest BCUT2D eigenvalue weighted by Crippen LogP contribution is 2.29. The maximum absolute atomic E-state index is 13.7. The molecule has 1 N–H and O–H groups in total. The van der Waals surface area contributed by atoms with Crippen LogP contribution in [0.1, 0.15) is 23.7 Å². The summed E-state index contributed by atoms with van der Waals surface area (Å²) in [5.41, 5.74) is -0.221. The van der Waals surface area contributed by atoms with Gasteiger partial charge in [-0.25, -0.2) is 9.18 Å². The molecule has 2 rings (SSSR count). The van der Waals surface area contributed by atoms with Crippen LogP contribution in [0.15, 0.2) is 42.5 Å². The van der Waals surface area contributed by atoms with Gasteiger partial charge in [0.1, 0.15) is 17.1 Å². The standard InChI is InChI=1S/C16H15FO4/c1-2-10-20-11-6-8-12(9-7-11)21-15-13(16(18)19)4-3-5-14(15)17/h3-9H,2,10H2,1H3,(H,18,19). The molecule has 0 radical (unpaired) electrons. The highest BCUT2D eigenvalue weighted by atomic mass is 19.1. The van der Waals surface area contributed by atoms with Crippen LogP contribution in [0.3, 0.4) is 0 Å². The maximum atomic E-state index is 13.7. The van der Waals surface area contributed by atoms with Gasteiger partial charge in [-0.05, 0) is 42.8 Å². The number of carboxylic acids is 1. The van der Waals surface area contributed by atoms with Crippen molar-refractivity contribution in [3.8, 4) is 17.2 Å². The molecule has 0 spiro atoms. The molecule has 0 saturated carbocycles. The summed E-state index contributed by atoms with van der Waals surface area (Å²) in [6.45, 7) is 2.61. The lowest BCUT2D eigenvalue weighted by Crippen LogP contribution is -2.02. The molecule has 0 fully saturated rings. The molecule has 2 aromatic rings. The van der Waals surface area contributed by atoms with Crippen molar-refractivity contribution in [1.82, 2.24) is 0 Å². The van der Waals surface area contributed by atoms with Crippen molar-refractivity contribution in [1.29, 1.82) is 0 Å². The van der Waals surface area contributed by atoms with Crippen LogP contribution >= 0.6 is 0 Å². The smallest absolute Gasteiger partial charge is 0.339 e. The van der Waals surface area contributed by atoms with Gasteiger partial charge in [0, 0.05) is 0 Å². The number of aromatic carboxylic acids is 1. The Labute approximate surface area is 121 Å². The third kappa shape index (κ3) is 3.72. The van der Waals surface area contributed by atoms with Gasteiger partial charge in [-0.3, -0.25) is 0 Å². The molecule has 0 atom stereocenters. The van der Waals surface area contributed by atoms with Crippen LogP contribution in [-0.2, 0) is 0 Å². The van der Waals surface area contributed by atoms with Crippen LogP contribution in [0, 0.1) is 5.82 Å². The highest BCUT2D eigenvalue weighted by Gasteiger charge is 2.16. The first-order valence-corrected chi connectivity index (χ1v) is 6.54. The number of para-hydroxylation sites is 1. The zero-order valence-electron chi connectivity index (χ0n) is 11.5. The molecular weight excluding hydrogens is 275 g/mol. The maximum Gasteiger partial charge on any atom is 0.339 e. The van der Waals surface area contributed by atoms with Crippen molar-refractivity contribution in [2.24, 2.45) is 0 Å². The molecule has 0 aliphatic heterocycles. The van der Waals surface area contributed by atoms with Crippen molar-refractivity contribution in [2.45, 2.75) is 13.3 Å². The van der Waals surface area contributed by atoms with Gasteiger partial charge < -0.3 is 14.6 Å². The lowest BCUT2D eigenvalue weighted by Gasteiger charge is -2.10. The van der Waals surface area contributed by atoms with Crippen LogP contribution in [0.4, 0.5) is 4.39 Å². The third-order valence-electron chi connectivity index (χ3n) is 2.71. The molecule has 2 aromatic carbocycles. The van der Waals surface area contributed by atoms with Crippen molar-refractivity contribution in [3.05, 3.63) is 53.8 Å². The summed E-state index contributed by atoms with van der Waals surface area (Å²) in [5.74, 6) is -1.25. The molecular formula is C16H15FO4. The van der Waals surface area contributed by atoms with Gasteiger partial charge in [0.2, 0.25) is 0 Å². The molecule has 0 aliphatic rings. The second kappa shape index (κ2) is 6.74. The Morgan fingerprint density at radius 1 is 1.14 bits per heavy atom. The minimum absolute atomic E-state index is 0.221. The van der Waals surface area contributed by atoms with E-state index >= 15 is 0 Å². The Morgan fingerprint density at radius 3 is 2.43 bits per heavy atom. The van der Waals surface area contributed by atoms with Crippen LogP contribution in [0.5, 0.6) is 17.2 Å². The summed E-state index contributed by atoms with van der Waals surface area (Å²) in [6.07, 6.45) is 0.898. The Bertz CT molecular complexity index is 623. The molecule has 0 saturated heterocycles. The fraction of sp³-hybridized carbons (Fsp3) is 0.188. The second-order valence-electron chi connectivity index (χ2n) is 4.34. The Hall–Kier alpha value is -2.56. The second-order valence-corrected chi connectivity index (χ2v) is 4.34. The number of halogens is 1. The van der Waals surface area contributed by atoms with Crippen molar-refractivity contribution in [2.75, 3.05) is 6.61 Å². The minimum Gasteiger partial charge on any atom is -0.494 e. The van der Waals surface area contributed by atoms with Gasteiger partial charge in [-0.1, -0.05) is 13.0 Å². The first kappa shape index (κ1) is 14.8. The topological polar surface area (TPSA) is 55.8 Å². The zero-order valence-corrected chi connectivity index (χ0v) is 11.5. The average Bonchev–Trinajstić information content (AvgIpc) is 2.48. The van der Waals surface area contributed by atoms with Gasteiger partial charge in [-0.2, -0.15) is 0 Å². The van der Waals surface area contributed by atoms with Crippen molar-refractivity contribution >= 4 is 5.97 Å². The van der Waals surface area contributed by atoms with Crippen molar-refractivity contribution in [3.63, 3.8) is 0 Å². The van der Waals surface area contributed by atoms with Crippen LogP contribution in [-0.4, -0.2) is 17.7 Å². The largest absolute Gasteiger partial charge is 0.494 e. The molecule has 110 valence electrons. The first-order chi connectivity index (χ1) is 10.1. The molecule has 0 amide bonds. The van der Waals surface area contributed by atoms with E-state index in [0.29, 0.717) is 18.1 Å². The summed E-state index contributed by atoms with van der Waals surface area (Å²) < 4.78 is 24.5. The molecule has 4 nitrogen and oxygen atoms in total. The van der Waals surface area contributed by atoms with Crippen molar-refractivity contribution < 1.29 is 23.8 Å². The molecule has 0 bridgehead atoms. The number of benzene rings is 2. The van der Waals surface area contributed by atoms with Crippen LogP contribution in [0.2, 0.25) is 0 Å². The van der Waals surface area contributed by atoms with Gasteiger partial charge in [-0.15, -0.1) is 0 Å². The van der Waals surface area contributed by atoms with Crippen LogP contribution in [0.25, 0.3) is 0 Å². The summed E-state index contributed by atoms with van der Waals surface area (Å²) in [6, 6.07) is 10.3. The normalized spacial score (nSPS) is 10.2. The molecule has 21 heavy (non-hydrogen) atoms. The van der Waals surface area contributed by atoms with E-state index < -0.39 is 11.8 Å². The Kier molecular flexibility index (Phi) is 4.77. The summed E-state index contributed by atoms with van der Waals surface area (Å²) in [5, 5.41) is 9.04. The molecule has 0 heterocycles. The van der Waals surface area contributed by atoms with E-state index in [2.05, 4.69) is 0 Å². The van der Waals surface area contributed by atoms with Gasteiger partial charge in [0.25, 0.3) is 0 Å². The number of carboxylic acid groups (broad SMARTS) is 1. The minimum atomic E-state index is -1.24. The molecule has 0 unspecified atom stereocenters. The third-order valence-corrected chi connectivity index (χ3v) is 2.71. The van der Waals surface area contributed by atoms with E-state index in [1.54, 1.807) is 24.3 Å². The monoisotopic (exact) mass is 290 g/mol. The lowest BCUT2D eigenvalue weighted by atomic mass is 10.2. The Morgan fingerprint density at radius 2 is 1.81 bits per heavy atom. The molecule has 5 heteroatoms. The SMILES string of the molecule is CCCOc1ccc(Oc2c(F)cccc2C(=O)O)cc1. The quantitative estimate of drug-likeness (QED) is 0.870. The number of hydrogen-bond acceptors (Lipinski definition) is 3. The van der Waals surface area contributed by atoms with Crippen LogP contribution < -0.4 is 9.47 Å².